The van der Waals surface area contributed by atoms with Crippen molar-refractivity contribution in [1.29, 1.82) is 0 Å². The summed E-state index contributed by atoms with van der Waals surface area (Å²) in [6.07, 6.45) is 6.53. The molecule has 110 valence electrons. The molecule has 0 bridgehead atoms. The molecule has 2 fully saturated rings. The lowest BCUT2D eigenvalue weighted by molar-refractivity contribution is 0.208. The van der Waals surface area contributed by atoms with E-state index in [1.54, 1.807) is 6.33 Å². The molecule has 1 aliphatic heterocycles. The van der Waals surface area contributed by atoms with Crippen LogP contribution in [0.25, 0.3) is 0 Å². The van der Waals surface area contributed by atoms with Crippen molar-refractivity contribution < 1.29 is 5.11 Å². The van der Waals surface area contributed by atoms with Crippen molar-refractivity contribution >= 4 is 11.6 Å². The number of aliphatic hydroxyl groups excluding tert-OH is 1. The molecule has 1 saturated carbocycles. The van der Waals surface area contributed by atoms with Crippen molar-refractivity contribution in [2.24, 2.45) is 11.8 Å². The Morgan fingerprint density at radius 3 is 3.00 bits per heavy atom. The van der Waals surface area contributed by atoms with E-state index in [0.29, 0.717) is 12.0 Å². The number of aliphatic hydroxyl groups is 1. The maximum absolute atomic E-state index is 9.33. The van der Waals surface area contributed by atoms with E-state index in [0.717, 1.165) is 43.5 Å². The van der Waals surface area contributed by atoms with E-state index in [-0.39, 0.29) is 6.61 Å². The summed E-state index contributed by atoms with van der Waals surface area (Å²) in [5.74, 6) is 3.08. The summed E-state index contributed by atoms with van der Waals surface area (Å²) in [5.41, 5.74) is 0. The van der Waals surface area contributed by atoms with Gasteiger partial charge in [0.1, 0.15) is 18.0 Å². The molecule has 2 heterocycles. The van der Waals surface area contributed by atoms with Crippen LogP contribution in [0.5, 0.6) is 0 Å². The minimum Gasteiger partial charge on any atom is -0.396 e. The van der Waals surface area contributed by atoms with Gasteiger partial charge in [0.25, 0.3) is 0 Å². The van der Waals surface area contributed by atoms with Gasteiger partial charge in [-0.3, -0.25) is 0 Å². The molecule has 1 aliphatic carbocycles. The van der Waals surface area contributed by atoms with Crippen molar-refractivity contribution in [1.82, 2.24) is 9.97 Å². The van der Waals surface area contributed by atoms with Crippen LogP contribution < -0.4 is 10.2 Å². The SMILES string of the molecule is CC(Nc1cc(N2CCCC(CO)C2)ncn1)C1CC1. The maximum atomic E-state index is 9.33. The number of hydrogen-bond donors (Lipinski definition) is 2. The largest absolute Gasteiger partial charge is 0.396 e. The van der Waals surface area contributed by atoms with Crippen LogP contribution in [0.15, 0.2) is 12.4 Å². The normalized spacial score (nSPS) is 24.5. The molecule has 1 saturated heterocycles. The molecule has 0 spiro atoms. The average Bonchev–Trinajstić information content (AvgIpc) is 3.32. The van der Waals surface area contributed by atoms with Gasteiger partial charge < -0.3 is 15.3 Å². The maximum Gasteiger partial charge on any atom is 0.134 e. The second-order valence-corrected chi connectivity index (χ2v) is 6.17. The van der Waals surface area contributed by atoms with E-state index in [1.165, 1.54) is 12.8 Å². The van der Waals surface area contributed by atoms with Gasteiger partial charge in [-0.1, -0.05) is 0 Å². The van der Waals surface area contributed by atoms with E-state index in [9.17, 15) is 5.11 Å². The lowest BCUT2D eigenvalue weighted by atomic mass is 9.99. The average molecular weight is 276 g/mol. The summed E-state index contributed by atoms with van der Waals surface area (Å²) in [5, 5.41) is 12.8. The van der Waals surface area contributed by atoms with E-state index in [1.807, 2.05) is 6.07 Å². The molecule has 1 aromatic heterocycles. The first kappa shape index (κ1) is 13.6. The first-order valence-electron chi connectivity index (χ1n) is 7.70. The van der Waals surface area contributed by atoms with Crippen molar-refractivity contribution in [2.75, 3.05) is 29.9 Å². The predicted molar refractivity (Wildman–Crippen MR) is 79.9 cm³/mol. The molecule has 0 amide bonds. The Kier molecular flexibility index (Phi) is 4.05. The Morgan fingerprint density at radius 2 is 2.25 bits per heavy atom. The standard InChI is InChI=1S/C15H24N4O/c1-11(13-4-5-13)18-14-7-15(17-10-16-14)19-6-2-3-12(8-19)9-20/h7,10-13,20H,2-6,8-9H2,1H3,(H,16,17,18). The number of anilines is 2. The van der Waals surface area contributed by atoms with Crippen molar-refractivity contribution in [3.05, 3.63) is 12.4 Å². The van der Waals surface area contributed by atoms with Crippen LogP contribution in [0, 0.1) is 11.8 Å². The van der Waals surface area contributed by atoms with Crippen LogP contribution in [-0.2, 0) is 0 Å². The Hall–Kier alpha value is -1.36. The minimum atomic E-state index is 0.269. The molecule has 2 aliphatic rings. The van der Waals surface area contributed by atoms with Crippen LogP contribution in [0.1, 0.15) is 32.6 Å². The van der Waals surface area contributed by atoms with Crippen LogP contribution in [-0.4, -0.2) is 40.8 Å². The van der Waals surface area contributed by atoms with Gasteiger partial charge in [0.05, 0.1) is 0 Å². The fraction of sp³-hybridized carbons (Fsp3) is 0.733. The van der Waals surface area contributed by atoms with E-state index >= 15 is 0 Å². The Balaban J connectivity index is 1.66. The van der Waals surface area contributed by atoms with E-state index < -0.39 is 0 Å². The Labute approximate surface area is 120 Å². The summed E-state index contributed by atoms with van der Waals surface area (Å²) in [6, 6.07) is 2.53. The van der Waals surface area contributed by atoms with Gasteiger partial charge in [0.15, 0.2) is 0 Å². The van der Waals surface area contributed by atoms with Crippen LogP contribution in [0.2, 0.25) is 0 Å². The summed E-state index contributed by atoms with van der Waals surface area (Å²) in [6.45, 7) is 4.41. The third-order valence-electron chi connectivity index (χ3n) is 4.46. The lowest BCUT2D eigenvalue weighted by Gasteiger charge is -2.32. The van der Waals surface area contributed by atoms with Crippen molar-refractivity contribution in [3.63, 3.8) is 0 Å². The molecule has 2 atom stereocenters. The highest BCUT2D eigenvalue weighted by molar-refractivity contribution is 5.49. The zero-order chi connectivity index (χ0) is 13.9. The Morgan fingerprint density at radius 1 is 1.40 bits per heavy atom. The first-order valence-corrected chi connectivity index (χ1v) is 7.70. The highest BCUT2D eigenvalue weighted by atomic mass is 16.3. The van der Waals surface area contributed by atoms with Gasteiger partial charge in [-0.2, -0.15) is 0 Å². The monoisotopic (exact) mass is 276 g/mol. The van der Waals surface area contributed by atoms with Crippen LogP contribution in [0.3, 0.4) is 0 Å². The molecule has 5 heteroatoms. The van der Waals surface area contributed by atoms with E-state index in [2.05, 4.69) is 27.1 Å². The van der Waals surface area contributed by atoms with E-state index in [4.69, 9.17) is 0 Å². The number of nitrogens with zero attached hydrogens (tertiary/aromatic N) is 3. The molecule has 0 radical (unpaired) electrons. The van der Waals surface area contributed by atoms with Gasteiger partial charge >= 0.3 is 0 Å². The fourth-order valence-corrected chi connectivity index (χ4v) is 2.97. The highest BCUT2D eigenvalue weighted by Gasteiger charge is 2.28. The van der Waals surface area contributed by atoms with Crippen LogP contribution >= 0.6 is 0 Å². The number of piperidine rings is 1. The van der Waals surface area contributed by atoms with Crippen LogP contribution in [0.4, 0.5) is 11.6 Å². The molecule has 2 N–H and O–H groups in total. The molecule has 0 aromatic carbocycles. The van der Waals surface area contributed by atoms with Gasteiger partial charge in [-0.05, 0) is 44.4 Å². The van der Waals surface area contributed by atoms with Crippen molar-refractivity contribution in [3.8, 4) is 0 Å². The van der Waals surface area contributed by atoms with Gasteiger partial charge in [-0.25, -0.2) is 9.97 Å². The third-order valence-corrected chi connectivity index (χ3v) is 4.46. The molecule has 2 unspecified atom stereocenters. The predicted octanol–water partition coefficient (Wildman–Crippen LogP) is 1.90. The van der Waals surface area contributed by atoms with Crippen molar-refractivity contribution in [2.45, 2.75) is 38.6 Å². The molecule has 20 heavy (non-hydrogen) atoms. The zero-order valence-corrected chi connectivity index (χ0v) is 12.1. The Bertz CT molecular complexity index is 449. The second kappa shape index (κ2) is 5.95. The fourth-order valence-electron chi connectivity index (χ4n) is 2.97. The molecule has 5 nitrogen and oxygen atoms in total. The number of rotatable bonds is 5. The molecule has 3 rings (SSSR count). The zero-order valence-electron chi connectivity index (χ0n) is 12.1. The number of nitrogens with one attached hydrogen (secondary N) is 1. The summed E-state index contributed by atoms with van der Waals surface area (Å²) in [4.78, 5) is 11.0. The van der Waals surface area contributed by atoms with Gasteiger partial charge in [-0.15, -0.1) is 0 Å². The second-order valence-electron chi connectivity index (χ2n) is 6.17. The number of aromatic nitrogens is 2. The molecular formula is C15H24N4O. The minimum absolute atomic E-state index is 0.269. The summed E-state index contributed by atoms with van der Waals surface area (Å²) < 4.78 is 0. The first-order chi connectivity index (χ1) is 9.76. The number of hydrogen-bond acceptors (Lipinski definition) is 5. The topological polar surface area (TPSA) is 61.3 Å². The smallest absolute Gasteiger partial charge is 0.134 e. The third kappa shape index (κ3) is 3.20. The lowest BCUT2D eigenvalue weighted by Crippen LogP contribution is -2.37. The van der Waals surface area contributed by atoms with Gasteiger partial charge in [0.2, 0.25) is 0 Å². The summed E-state index contributed by atoms with van der Waals surface area (Å²) >= 11 is 0. The quantitative estimate of drug-likeness (QED) is 0.860. The molecular weight excluding hydrogens is 252 g/mol. The van der Waals surface area contributed by atoms with Gasteiger partial charge in [0, 0.05) is 31.8 Å². The summed E-state index contributed by atoms with van der Waals surface area (Å²) in [7, 11) is 0. The highest BCUT2D eigenvalue weighted by Crippen LogP contribution is 2.34. The molecule has 1 aromatic rings.